The zero-order valence-electron chi connectivity index (χ0n) is 23.0. The number of methoxy groups -OCH3 is 1. The molecule has 0 aromatic heterocycles. The molecular weight excluding hydrogens is 436 g/mol. The van der Waals surface area contributed by atoms with Crippen molar-refractivity contribution < 1.29 is 19.1 Å². The molecule has 5 rings (SSSR count). The summed E-state index contributed by atoms with van der Waals surface area (Å²) in [7, 11) is 1.48. The molecule has 0 spiro atoms. The molecule has 0 unspecified atom stereocenters. The summed E-state index contributed by atoms with van der Waals surface area (Å²) in [6, 6.07) is 0. The maximum atomic E-state index is 14.2. The fraction of sp³-hybridized carbons (Fsp3) is 0.774. The van der Waals surface area contributed by atoms with E-state index in [2.05, 4.69) is 47.6 Å². The van der Waals surface area contributed by atoms with Crippen LogP contribution in [-0.4, -0.2) is 24.6 Å². The highest BCUT2D eigenvalue weighted by molar-refractivity contribution is 6.04. The molecule has 0 heterocycles. The topological polar surface area (TPSA) is 60.4 Å². The molecule has 0 aromatic carbocycles. The Kier molecular flexibility index (Phi) is 5.13. The molecule has 0 radical (unpaired) electrons. The fourth-order valence-electron chi connectivity index (χ4n) is 9.93. The first-order chi connectivity index (χ1) is 16.1. The minimum Gasteiger partial charge on any atom is -0.469 e. The van der Waals surface area contributed by atoms with Crippen molar-refractivity contribution in [2.24, 2.45) is 50.2 Å². The third-order valence-electron chi connectivity index (χ3n) is 12.5. The molecule has 192 valence electrons. The molecule has 0 amide bonds. The number of ether oxygens (including phenoxy) is 1. The van der Waals surface area contributed by atoms with E-state index in [1.807, 2.05) is 13.0 Å². The summed E-state index contributed by atoms with van der Waals surface area (Å²) in [6.07, 6.45) is 12.4. The van der Waals surface area contributed by atoms with Gasteiger partial charge in [0.1, 0.15) is 0 Å². The van der Waals surface area contributed by atoms with Crippen LogP contribution in [0.4, 0.5) is 0 Å². The smallest absolute Gasteiger partial charge is 0.311 e. The van der Waals surface area contributed by atoms with Gasteiger partial charge in [0.15, 0.2) is 11.6 Å². The number of esters is 1. The van der Waals surface area contributed by atoms with Crippen molar-refractivity contribution in [3.8, 4) is 0 Å². The van der Waals surface area contributed by atoms with Crippen molar-refractivity contribution in [3.63, 3.8) is 0 Å². The van der Waals surface area contributed by atoms with Gasteiger partial charge in [0, 0.05) is 11.3 Å². The second-order valence-electron chi connectivity index (χ2n) is 14.5. The van der Waals surface area contributed by atoms with E-state index in [1.165, 1.54) is 12.7 Å². The predicted octanol–water partition coefficient (Wildman–Crippen LogP) is 6.49. The van der Waals surface area contributed by atoms with Gasteiger partial charge in [-0.15, -0.1) is 0 Å². The number of rotatable bonds is 1. The zero-order chi connectivity index (χ0) is 25.8. The van der Waals surface area contributed by atoms with Crippen LogP contribution in [0.3, 0.4) is 0 Å². The van der Waals surface area contributed by atoms with Crippen molar-refractivity contribution in [2.75, 3.05) is 7.11 Å². The molecule has 5 aliphatic rings. The molecule has 0 aromatic rings. The van der Waals surface area contributed by atoms with Gasteiger partial charge >= 0.3 is 5.97 Å². The number of carbonyl (C=O) groups excluding carboxylic acids is 3. The minimum absolute atomic E-state index is 0.0921. The van der Waals surface area contributed by atoms with Crippen molar-refractivity contribution >= 4 is 17.5 Å². The van der Waals surface area contributed by atoms with E-state index in [0.29, 0.717) is 0 Å². The van der Waals surface area contributed by atoms with Crippen LogP contribution in [0.1, 0.15) is 93.4 Å². The Morgan fingerprint density at radius 2 is 1.60 bits per heavy atom. The largest absolute Gasteiger partial charge is 0.469 e. The summed E-state index contributed by atoms with van der Waals surface area (Å²) < 4.78 is 5.23. The Labute approximate surface area is 211 Å². The highest BCUT2D eigenvalue weighted by atomic mass is 16.5. The van der Waals surface area contributed by atoms with E-state index in [0.717, 1.165) is 44.9 Å². The van der Waals surface area contributed by atoms with Gasteiger partial charge < -0.3 is 4.74 Å². The number of hydrogen-bond acceptors (Lipinski definition) is 4. The van der Waals surface area contributed by atoms with Crippen LogP contribution in [0.5, 0.6) is 0 Å². The van der Waals surface area contributed by atoms with E-state index in [4.69, 9.17) is 4.74 Å². The average Bonchev–Trinajstić information content (AvgIpc) is 2.78. The molecule has 4 nitrogen and oxygen atoms in total. The molecule has 0 bridgehead atoms. The summed E-state index contributed by atoms with van der Waals surface area (Å²) in [4.78, 5) is 40.6. The molecule has 8 atom stereocenters. The van der Waals surface area contributed by atoms with Gasteiger partial charge in [0.25, 0.3) is 0 Å². The minimum atomic E-state index is -0.679. The van der Waals surface area contributed by atoms with Crippen LogP contribution in [-0.2, 0) is 19.1 Å². The number of allylic oxidation sites excluding steroid dienone is 4. The third kappa shape index (κ3) is 2.95. The average molecular weight is 481 g/mol. The molecule has 5 aliphatic carbocycles. The van der Waals surface area contributed by atoms with Crippen molar-refractivity contribution in [3.05, 3.63) is 23.8 Å². The highest BCUT2D eigenvalue weighted by Crippen LogP contribution is 2.74. The number of ketones is 2. The molecule has 3 saturated carbocycles. The maximum absolute atomic E-state index is 14.2. The van der Waals surface area contributed by atoms with Gasteiger partial charge in [0.05, 0.1) is 12.5 Å². The van der Waals surface area contributed by atoms with E-state index < -0.39 is 10.8 Å². The molecule has 3 fully saturated rings. The monoisotopic (exact) mass is 480 g/mol. The van der Waals surface area contributed by atoms with Gasteiger partial charge in [-0.05, 0) is 97.5 Å². The summed E-state index contributed by atoms with van der Waals surface area (Å²) in [5.41, 5.74) is -0.399. The molecule has 0 aliphatic heterocycles. The predicted molar refractivity (Wildman–Crippen MR) is 136 cm³/mol. The van der Waals surface area contributed by atoms with Gasteiger partial charge in [-0.1, -0.05) is 53.2 Å². The van der Waals surface area contributed by atoms with Gasteiger partial charge in [-0.3, -0.25) is 14.4 Å². The second kappa shape index (κ2) is 7.19. The van der Waals surface area contributed by atoms with E-state index in [9.17, 15) is 14.4 Å². The Bertz CT molecular complexity index is 1070. The number of hydrogen-bond donors (Lipinski definition) is 0. The lowest BCUT2D eigenvalue weighted by Gasteiger charge is -2.69. The van der Waals surface area contributed by atoms with Gasteiger partial charge in [-0.2, -0.15) is 0 Å². The second-order valence-corrected chi connectivity index (χ2v) is 14.5. The first kappa shape index (κ1) is 25.0. The van der Waals surface area contributed by atoms with Crippen molar-refractivity contribution in [1.29, 1.82) is 0 Å². The summed E-state index contributed by atoms with van der Waals surface area (Å²) in [5, 5.41) is 0. The van der Waals surface area contributed by atoms with Crippen molar-refractivity contribution in [1.82, 2.24) is 0 Å². The molecule has 4 heteroatoms. The van der Waals surface area contributed by atoms with Crippen LogP contribution in [0.25, 0.3) is 0 Å². The Morgan fingerprint density at radius 1 is 0.943 bits per heavy atom. The molecule has 35 heavy (non-hydrogen) atoms. The Hall–Kier alpha value is -1.71. The number of fused-ring (bicyclic) bond motifs is 7. The Balaban J connectivity index is 1.65. The molecular formula is C31H44O4. The third-order valence-corrected chi connectivity index (χ3v) is 12.5. The first-order valence-electron chi connectivity index (χ1n) is 13.7. The van der Waals surface area contributed by atoms with Gasteiger partial charge in [0.2, 0.25) is 0 Å². The zero-order valence-corrected chi connectivity index (χ0v) is 23.0. The van der Waals surface area contributed by atoms with E-state index in [1.54, 1.807) is 6.08 Å². The summed E-state index contributed by atoms with van der Waals surface area (Å²) in [5.74, 6) is 0.181. The van der Waals surface area contributed by atoms with Crippen LogP contribution in [0.15, 0.2) is 23.8 Å². The number of carbonyl (C=O) groups is 3. The standard InChI is InChI=1S/C31H44O4/c1-26(2)11-10-23(33)31(7)22(26)9-12-30(6)24(31)21(32)17-19-20-18-28(4,25(34)35-8)14-13-27(20,3)15-16-29(19,30)5/h10-11,17,20,22,24H,9,12-16,18H2,1-8H3/t20-,22-,24-,27+,28-,29+,30+,31+/m0/s1. The molecule has 0 saturated heterocycles. The van der Waals surface area contributed by atoms with Crippen molar-refractivity contribution in [2.45, 2.75) is 93.4 Å². The van der Waals surface area contributed by atoms with Crippen LogP contribution >= 0.6 is 0 Å². The van der Waals surface area contributed by atoms with E-state index >= 15 is 0 Å². The maximum Gasteiger partial charge on any atom is 0.311 e. The fourth-order valence-corrected chi connectivity index (χ4v) is 9.93. The van der Waals surface area contributed by atoms with Crippen LogP contribution < -0.4 is 0 Å². The van der Waals surface area contributed by atoms with Gasteiger partial charge in [-0.25, -0.2) is 0 Å². The summed E-state index contributed by atoms with van der Waals surface area (Å²) in [6.45, 7) is 15.6. The summed E-state index contributed by atoms with van der Waals surface area (Å²) >= 11 is 0. The Morgan fingerprint density at radius 3 is 2.26 bits per heavy atom. The SMILES string of the molecule is COC(=O)[C@@]1(C)CC[C@]2(C)CC[C@]3(C)C(=CC(=O)[C@@H]4[C@@]5(C)C(=O)C=CC(C)(C)[C@@H]5CC[C@]43C)[C@@H]2C1. The quantitative estimate of drug-likeness (QED) is 0.403. The lowest BCUT2D eigenvalue weighted by molar-refractivity contribution is -0.180. The highest BCUT2D eigenvalue weighted by Gasteiger charge is 2.71. The normalized spacial score (nSPS) is 50.3. The molecule has 0 N–H and O–H groups in total. The first-order valence-corrected chi connectivity index (χ1v) is 13.7. The van der Waals surface area contributed by atoms with E-state index in [-0.39, 0.29) is 56.9 Å². The van der Waals surface area contributed by atoms with Crippen LogP contribution in [0, 0.1) is 50.2 Å². The lowest BCUT2D eigenvalue weighted by Crippen LogP contribution is -2.66. The lowest BCUT2D eigenvalue weighted by atomic mass is 9.34. The van der Waals surface area contributed by atoms with Crippen LogP contribution in [0.2, 0.25) is 0 Å².